The van der Waals surface area contributed by atoms with Gasteiger partial charge in [0.15, 0.2) is 13.2 Å². The predicted octanol–water partition coefficient (Wildman–Crippen LogP) is 4.20. The Balaban J connectivity index is 1.88. The van der Waals surface area contributed by atoms with Crippen molar-refractivity contribution in [2.75, 3.05) is 13.2 Å². The van der Waals surface area contributed by atoms with Gasteiger partial charge in [-0.15, -0.1) is 0 Å². The van der Waals surface area contributed by atoms with Gasteiger partial charge in [-0.05, 0) is 52.6 Å². The Hall–Kier alpha value is -3.02. The smallest absolute Gasteiger partial charge is 0.276 e. The molecule has 2 N–H and O–H groups in total. The highest BCUT2D eigenvalue weighted by atomic mass is 16.5. The summed E-state index contributed by atoms with van der Waals surface area (Å²) in [4.78, 5) is 24.0. The number of hydrazine groups is 1. The van der Waals surface area contributed by atoms with Crippen LogP contribution in [0, 0.1) is 6.92 Å². The van der Waals surface area contributed by atoms with Gasteiger partial charge in [0, 0.05) is 0 Å². The molecule has 0 aromatic heterocycles. The summed E-state index contributed by atoms with van der Waals surface area (Å²) in [7, 11) is 0. The fourth-order valence-electron chi connectivity index (χ4n) is 2.92. The number of nitrogens with one attached hydrogen (secondary N) is 2. The van der Waals surface area contributed by atoms with Crippen molar-refractivity contribution in [3.8, 4) is 11.5 Å². The molecule has 0 atom stereocenters. The van der Waals surface area contributed by atoms with Crippen LogP contribution in [0.4, 0.5) is 0 Å². The highest BCUT2D eigenvalue weighted by molar-refractivity contribution is 5.83. The molecule has 0 bridgehead atoms. The fraction of sp³-hybridized carbons (Fsp3) is 0.440. The van der Waals surface area contributed by atoms with Crippen molar-refractivity contribution in [2.24, 2.45) is 0 Å². The van der Waals surface area contributed by atoms with Crippen LogP contribution in [0.1, 0.15) is 58.2 Å². The summed E-state index contributed by atoms with van der Waals surface area (Å²) in [5, 5.41) is 0. The molecule has 0 aliphatic rings. The van der Waals surface area contributed by atoms with Gasteiger partial charge in [0.2, 0.25) is 0 Å². The first kappa shape index (κ1) is 24.3. The second-order valence-corrected chi connectivity index (χ2v) is 9.70. The predicted molar refractivity (Wildman–Crippen MR) is 122 cm³/mol. The molecule has 6 nitrogen and oxygen atoms in total. The van der Waals surface area contributed by atoms with E-state index in [9.17, 15) is 9.59 Å². The van der Waals surface area contributed by atoms with E-state index in [2.05, 4.69) is 58.5 Å². The number of carbonyl (C=O) groups is 2. The summed E-state index contributed by atoms with van der Waals surface area (Å²) < 4.78 is 11.2. The molecular formula is C25H34N2O4. The molecule has 31 heavy (non-hydrogen) atoms. The molecule has 0 aliphatic heterocycles. The molecule has 2 amide bonds. The number of hydrogen-bond acceptors (Lipinski definition) is 4. The van der Waals surface area contributed by atoms with Crippen LogP contribution < -0.4 is 20.3 Å². The lowest BCUT2D eigenvalue weighted by Gasteiger charge is -2.27. The van der Waals surface area contributed by atoms with Crippen LogP contribution in [0.5, 0.6) is 11.5 Å². The Morgan fingerprint density at radius 3 is 1.97 bits per heavy atom. The Kier molecular flexibility index (Phi) is 7.71. The molecule has 0 aliphatic carbocycles. The van der Waals surface area contributed by atoms with Crippen molar-refractivity contribution < 1.29 is 19.1 Å². The molecule has 6 heteroatoms. The largest absolute Gasteiger partial charge is 0.484 e. The molecule has 0 saturated carbocycles. The van der Waals surface area contributed by atoms with E-state index in [1.165, 1.54) is 5.56 Å². The first-order valence-electron chi connectivity index (χ1n) is 10.4. The topological polar surface area (TPSA) is 76.7 Å². The maximum Gasteiger partial charge on any atom is 0.276 e. The van der Waals surface area contributed by atoms with Gasteiger partial charge in [-0.2, -0.15) is 0 Å². The molecule has 2 aromatic carbocycles. The van der Waals surface area contributed by atoms with Crippen LogP contribution in [0.15, 0.2) is 42.5 Å². The van der Waals surface area contributed by atoms with E-state index in [4.69, 9.17) is 9.47 Å². The summed E-state index contributed by atoms with van der Waals surface area (Å²) >= 11 is 0. The third kappa shape index (κ3) is 7.63. The lowest BCUT2D eigenvalue weighted by molar-refractivity contribution is -0.131. The molecule has 0 spiro atoms. The molecule has 168 valence electrons. The molecule has 2 aromatic rings. The third-order valence-corrected chi connectivity index (χ3v) is 4.71. The van der Waals surface area contributed by atoms with Gasteiger partial charge in [0.25, 0.3) is 11.8 Å². The lowest BCUT2D eigenvalue weighted by atomic mass is 9.80. The van der Waals surface area contributed by atoms with Crippen molar-refractivity contribution >= 4 is 11.8 Å². The molecule has 0 saturated heterocycles. The monoisotopic (exact) mass is 426 g/mol. The summed E-state index contributed by atoms with van der Waals surface area (Å²) in [5.74, 6) is 0.339. The molecule has 0 unspecified atom stereocenters. The van der Waals surface area contributed by atoms with Gasteiger partial charge in [-0.3, -0.25) is 20.4 Å². The van der Waals surface area contributed by atoms with Gasteiger partial charge in [-0.1, -0.05) is 65.8 Å². The van der Waals surface area contributed by atoms with Crippen LogP contribution in [0.3, 0.4) is 0 Å². The average molecular weight is 427 g/mol. The molecule has 0 heterocycles. The van der Waals surface area contributed by atoms with Crippen molar-refractivity contribution in [3.63, 3.8) is 0 Å². The Morgan fingerprint density at radius 2 is 1.42 bits per heavy atom. The van der Waals surface area contributed by atoms with Crippen LogP contribution in [-0.2, 0) is 20.4 Å². The SMILES string of the molecule is Cc1cccc(OCC(=O)NNC(=O)COc2ccc(C(C)(C)C)cc2C(C)(C)C)c1. The van der Waals surface area contributed by atoms with Gasteiger partial charge < -0.3 is 9.47 Å². The molecule has 2 rings (SSSR count). The number of amides is 2. The number of carbonyl (C=O) groups excluding carboxylic acids is 2. The van der Waals surface area contributed by atoms with Crippen LogP contribution >= 0.6 is 0 Å². The van der Waals surface area contributed by atoms with E-state index in [0.717, 1.165) is 11.1 Å². The van der Waals surface area contributed by atoms with Crippen molar-refractivity contribution in [3.05, 3.63) is 59.2 Å². The van der Waals surface area contributed by atoms with Gasteiger partial charge in [0.05, 0.1) is 0 Å². The third-order valence-electron chi connectivity index (χ3n) is 4.71. The highest BCUT2D eigenvalue weighted by Gasteiger charge is 2.23. The van der Waals surface area contributed by atoms with Crippen molar-refractivity contribution in [1.82, 2.24) is 10.9 Å². The Morgan fingerprint density at radius 1 is 0.806 bits per heavy atom. The zero-order valence-electron chi connectivity index (χ0n) is 19.6. The van der Waals surface area contributed by atoms with E-state index in [-0.39, 0.29) is 24.0 Å². The van der Waals surface area contributed by atoms with Crippen molar-refractivity contribution in [1.29, 1.82) is 0 Å². The number of aryl methyl sites for hydroxylation is 1. The van der Waals surface area contributed by atoms with Crippen molar-refractivity contribution in [2.45, 2.75) is 59.3 Å². The Bertz CT molecular complexity index is 924. The minimum absolute atomic E-state index is 0.0146. The van der Waals surface area contributed by atoms with Crippen LogP contribution in [0.25, 0.3) is 0 Å². The minimum Gasteiger partial charge on any atom is -0.484 e. The highest BCUT2D eigenvalue weighted by Crippen LogP contribution is 2.35. The van der Waals surface area contributed by atoms with E-state index in [1.54, 1.807) is 6.07 Å². The number of hydrogen-bond donors (Lipinski definition) is 2. The summed E-state index contributed by atoms with van der Waals surface area (Å²) in [5.41, 5.74) is 7.83. The van der Waals surface area contributed by atoms with Gasteiger partial charge in [0.1, 0.15) is 11.5 Å². The number of benzene rings is 2. The van der Waals surface area contributed by atoms with Gasteiger partial charge in [-0.25, -0.2) is 0 Å². The second kappa shape index (κ2) is 9.86. The second-order valence-electron chi connectivity index (χ2n) is 9.70. The van der Waals surface area contributed by atoms with Gasteiger partial charge >= 0.3 is 0 Å². The van der Waals surface area contributed by atoms with Crippen LogP contribution in [-0.4, -0.2) is 25.0 Å². The normalized spacial score (nSPS) is 11.6. The number of rotatable bonds is 6. The summed E-state index contributed by atoms with van der Waals surface area (Å²) in [6, 6.07) is 13.4. The zero-order valence-corrected chi connectivity index (χ0v) is 19.6. The maximum absolute atomic E-state index is 12.1. The Labute approximate surface area is 185 Å². The molecule has 0 fully saturated rings. The quantitative estimate of drug-likeness (QED) is 0.679. The van der Waals surface area contributed by atoms with E-state index < -0.39 is 11.8 Å². The number of ether oxygens (including phenoxy) is 2. The van der Waals surface area contributed by atoms with Crippen LogP contribution in [0.2, 0.25) is 0 Å². The maximum atomic E-state index is 12.1. The molecule has 0 radical (unpaired) electrons. The average Bonchev–Trinajstić information content (AvgIpc) is 2.67. The fourth-order valence-corrected chi connectivity index (χ4v) is 2.92. The summed E-state index contributed by atoms with van der Waals surface area (Å²) in [6.45, 7) is 14.3. The molecular weight excluding hydrogens is 392 g/mol. The summed E-state index contributed by atoms with van der Waals surface area (Å²) in [6.07, 6.45) is 0. The lowest BCUT2D eigenvalue weighted by Crippen LogP contribution is -2.45. The van der Waals surface area contributed by atoms with E-state index in [0.29, 0.717) is 11.5 Å². The van der Waals surface area contributed by atoms with E-state index >= 15 is 0 Å². The standard InChI is InChI=1S/C25H34N2O4/c1-17-9-8-10-19(13-17)30-15-22(28)26-27-23(29)16-31-21-12-11-18(24(2,3)4)14-20(21)25(5,6)7/h8-14H,15-16H2,1-7H3,(H,26,28)(H,27,29). The zero-order chi connectivity index (χ0) is 23.2. The first-order valence-corrected chi connectivity index (χ1v) is 10.4. The van der Waals surface area contributed by atoms with E-state index in [1.807, 2.05) is 37.3 Å². The first-order chi connectivity index (χ1) is 14.4. The minimum atomic E-state index is -0.459.